The number of esters is 1. The Morgan fingerprint density at radius 3 is 2.39 bits per heavy atom. The van der Waals surface area contributed by atoms with Gasteiger partial charge < -0.3 is 19.5 Å². The molecule has 1 N–H and O–H groups in total. The van der Waals surface area contributed by atoms with E-state index in [1.165, 1.54) is 0 Å². The van der Waals surface area contributed by atoms with E-state index >= 15 is 0 Å². The minimum atomic E-state index is -0.598. The predicted octanol–water partition coefficient (Wildman–Crippen LogP) is 6.03. The van der Waals surface area contributed by atoms with Gasteiger partial charge >= 0.3 is 5.97 Å². The number of rotatable bonds is 7. The van der Waals surface area contributed by atoms with Crippen LogP contribution in [0.3, 0.4) is 0 Å². The number of carbonyl (C=O) groups excluding carboxylic acids is 2. The molecule has 1 heterocycles. The third-order valence-electron chi connectivity index (χ3n) is 6.68. The quantitative estimate of drug-likeness (QED) is 0.422. The molecule has 1 aliphatic heterocycles. The minimum Gasteiger partial charge on any atom is -0.493 e. The van der Waals surface area contributed by atoms with Crippen molar-refractivity contribution in [2.75, 3.05) is 20.8 Å². The smallest absolute Gasteiger partial charge is 0.336 e. The SMILES string of the molecule is COc1cc(Br)c([C@@H]2C(C(=O)OCC(C)C)=C(C)NC3=C2C(=O)C[C@@H](c2ccccc2)C3)cc1OC. The Labute approximate surface area is 220 Å². The standard InChI is InChI=1S/C29H32BrNO5/c1-16(2)15-36-29(33)26-17(3)31-22-11-19(18-9-7-6-8-10-18)12-23(32)28(22)27(26)20-13-24(34-4)25(35-5)14-21(20)30/h6-10,13-14,16,19,27,31H,11-12,15H2,1-5H3/t19-,27+/m0/s1. The van der Waals surface area contributed by atoms with Crippen LogP contribution in [-0.4, -0.2) is 32.6 Å². The fourth-order valence-electron chi connectivity index (χ4n) is 4.99. The topological polar surface area (TPSA) is 73.9 Å². The van der Waals surface area contributed by atoms with Crippen molar-refractivity contribution in [2.24, 2.45) is 5.92 Å². The van der Waals surface area contributed by atoms with Crippen molar-refractivity contribution in [3.05, 3.63) is 80.6 Å². The van der Waals surface area contributed by atoms with Gasteiger partial charge in [-0.15, -0.1) is 0 Å². The van der Waals surface area contributed by atoms with Crippen molar-refractivity contribution in [3.8, 4) is 11.5 Å². The van der Waals surface area contributed by atoms with Crippen molar-refractivity contribution in [1.82, 2.24) is 5.32 Å². The second-order valence-corrected chi connectivity index (χ2v) is 10.5. The van der Waals surface area contributed by atoms with Crippen LogP contribution in [0.1, 0.15) is 56.6 Å². The summed E-state index contributed by atoms with van der Waals surface area (Å²) < 4.78 is 17.4. The molecule has 1 aliphatic carbocycles. The lowest BCUT2D eigenvalue weighted by molar-refractivity contribution is -0.140. The molecule has 190 valence electrons. The summed E-state index contributed by atoms with van der Waals surface area (Å²) in [6.45, 7) is 6.15. The first kappa shape index (κ1) is 26.0. The van der Waals surface area contributed by atoms with E-state index in [-0.39, 0.29) is 17.6 Å². The van der Waals surface area contributed by atoms with Crippen LogP contribution in [-0.2, 0) is 14.3 Å². The zero-order chi connectivity index (χ0) is 26.0. The zero-order valence-electron chi connectivity index (χ0n) is 21.3. The monoisotopic (exact) mass is 553 g/mol. The maximum absolute atomic E-state index is 13.8. The van der Waals surface area contributed by atoms with Crippen molar-refractivity contribution in [2.45, 2.75) is 45.4 Å². The molecule has 2 aromatic rings. The number of hydrogen-bond donors (Lipinski definition) is 1. The molecule has 4 rings (SSSR count). The molecule has 0 amide bonds. The van der Waals surface area contributed by atoms with Crippen molar-refractivity contribution >= 4 is 27.7 Å². The molecule has 7 heteroatoms. The van der Waals surface area contributed by atoms with E-state index in [0.29, 0.717) is 47.8 Å². The van der Waals surface area contributed by atoms with Crippen molar-refractivity contribution < 1.29 is 23.8 Å². The lowest BCUT2D eigenvalue weighted by Gasteiger charge is -2.37. The molecule has 6 nitrogen and oxygen atoms in total. The summed E-state index contributed by atoms with van der Waals surface area (Å²) in [7, 11) is 3.14. The molecule has 0 bridgehead atoms. The number of methoxy groups -OCH3 is 2. The summed E-state index contributed by atoms with van der Waals surface area (Å²) in [5, 5.41) is 3.40. The summed E-state index contributed by atoms with van der Waals surface area (Å²) in [5.41, 5.74) is 4.47. The Morgan fingerprint density at radius 2 is 1.75 bits per heavy atom. The van der Waals surface area contributed by atoms with E-state index in [1.54, 1.807) is 14.2 Å². The van der Waals surface area contributed by atoms with Crippen molar-refractivity contribution in [1.29, 1.82) is 0 Å². The number of benzene rings is 2. The van der Waals surface area contributed by atoms with Gasteiger partial charge in [-0.05, 0) is 48.4 Å². The number of dihydropyridines is 1. The Balaban J connectivity index is 1.85. The van der Waals surface area contributed by atoms with E-state index in [9.17, 15) is 9.59 Å². The number of halogens is 1. The van der Waals surface area contributed by atoms with Gasteiger partial charge in [0.25, 0.3) is 0 Å². The van der Waals surface area contributed by atoms with E-state index in [2.05, 4.69) is 33.4 Å². The second kappa shape index (κ2) is 10.9. The highest BCUT2D eigenvalue weighted by Crippen LogP contribution is 2.49. The molecule has 0 unspecified atom stereocenters. The Hall–Kier alpha value is -3.06. The van der Waals surface area contributed by atoms with Crippen LogP contribution in [0.5, 0.6) is 11.5 Å². The number of hydrogen-bond acceptors (Lipinski definition) is 6. The first-order valence-electron chi connectivity index (χ1n) is 12.1. The summed E-state index contributed by atoms with van der Waals surface area (Å²) >= 11 is 3.67. The van der Waals surface area contributed by atoms with Gasteiger partial charge in [-0.2, -0.15) is 0 Å². The maximum atomic E-state index is 13.8. The summed E-state index contributed by atoms with van der Waals surface area (Å²) in [6, 6.07) is 13.7. The lowest BCUT2D eigenvalue weighted by atomic mass is 9.71. The van der Waals surface area contributed by atoms with Crippen LogP contribution >= 0.6 is 15.9 Å². The minimum absolute atomic E-state index is 0.0194. The molecule has 0 radical (unpaired) electrons. The van der Waals surface area contributed by atoms with Crippen molar-refractivity contribution in [3.63, 3.8) is 0 Å². The van der Waals surface area contributed by atoms with Gasteiger partial charge in [0.15, 0.2) is 17.3 Å². The predicted molar refractivity (Wildman–Crippen MR) is 142 cm³/mol. The summed E-state index contributed by atoms with van der Waals surface area (Å²) in [6.07, 6.45) is 1.05. The highest BCUT2D eigenvalue weighted by Gasteiger charge is 2.42. The number of Topliss-reactive ketones (excluding diaryl/α,β-unsaturated/α-hetero) is 1. The molecule has 2 aromatic carbocycles. The van der Waals surface area contributed by atoms with Gasteiger partial charge in [0, 0.05) is 33.8 Å². The first-order valence-corrected chi connectivity index (χ1v) is 12.9. The molecule has 0 fully saturated rings. The highest BCUT2D eigenvalue weighted by atomic mass is 79.9. The van der Waals surface area contributed by atoms with Crippen LogP contribution in [0.2, 0.25) is 0 Å². The molecular formula is C29H32BrNO5. The number of carbonyl (C=O) groups is 2. The number of nitrogens with one attached hydrogen (secondary N) is 1. The third-order valence-corrected chi connectivity index (χ3v) is 7.37. The van der Waals surface area contributed by atoms with Gasteiger partial charge in [0.2, 0.25) is 0 Å². The van der Waals surface area contributed by atoms with Crippen LogP contribution in [0, 0.1) is 5.92 Å². The lowest BCUT2D eigenvalue weighted by Crippen LogP contribution is -2.36. The largest absolute Gasteiger partial charge is 0.493 e. The first-order chi connectivity index (χ1) is 17.2. The van der Waals surface area contributed by atoms with Crippen LogP contribution < -0.4 is 14.8 Å². The van der Waals surface area contributed by atoms with Crippen LogP contribution in [0.15, 0.2) is 69.5 Å². The molecule has 0 saturated carbocycles. The normalized spacial score (nSPS) is 19.7. The molecular weight excluding hydrogens is 522 g/mol. The van der Waals surface area contributed by atoms with E-state index in [4.69, 9.17) is 14.2 Å². The second-order valence-electron chi connectivity index (χ2n) is 9.65. The summed E-state index contributed by atoms with van der Waals surface area (Å²) in [4.78, 5) is 27.2. The molecule has 0 saturated heterocycles. The van der Waals surface area contributed by atoms with E-state index in [1.807, 2.05) is 51.1 Å². The van der Waals surface area contributed by atoms with Gasteiger partial charge in [-0.25, -0.2) is 4.79 Å². The van der Waals surface area contributed by atoms with Crippen LogP contribution in [0.25, 0.3) is 0 Å². The molecule has 0 spiro atoms. The Kier molecular flexibility index (Phi) is 7.88. The molecule has 2 aliphatic rings. The van der Waals surface area contributed by atoms with Gasteiger partial charge in [0.05, 0.1) is 26.4 Å². The maximum Gasteiger partial charge on any atom is 0.336 e. The third kappa shape index (κ3) is 5.07. The van der Waals surface area contributed by atoms with Gasteiger partial charge in [-0.1, -0.05) is 60.1 Å². The average Bonchev–Trinajstić information content (AvgIpc) is 2.86. The number of allylic oxidation sites excluding steroid dienone is 3. The average molecular weight is 554 g/mol. The van der Waals surface area contributed by atoms with Crippen LogP contribution in [0.4, 0.5) is 0 Å². The fourth-order valence-corrected chi connectivity index (χ4v) is 5.54. The van der Waals surface area contributed by atoms with E-state index in [0.717, 1.165) is 21.3 Å². The van der Waals surface area contributed by atoms with E-state index < -0.39 is 11.9 Å². The molecule has 36 heavy (non-hydrogen) atoms. The van der Waals surface area contributed by atoms with Gasteiger partial charge in [0.1, 0.15) is 0 Å². The Bertz CT molecular complexity index is 1230. The van der Waals surface area contributed by atoms with Gasteiger partial charge in [-0.3, -0.25) is 4.79 Å². The Morgan fingerprint density at radius 1 is 1.08 bits per heavy atom. The highest BCUT2D eigenvalue weighted by molar-refractivity contribution is 9.10. The molecule has 2 atom stereocenters. The summed E-state index contributed by atoms with van der Waals surface area (Å²) in [5.74, 6) is 0.335. The fraction of sp³-hybridized carbons (Fsp3) is 0.379. The number of ether oxygens (including phenoxy) is 3. The number of ketones is 1. The zero-order valence-corrected chi connectivity index (χ0v) is 22.9. The molecule has 0 aromatic heterocycles.